The van der Waals surface area contributed by atoms with Crippen molar-refractivity contribution in [3.8, 4) is 0 Å². The molecule has 1 aromatic carbocycles. The van der Waals surface area contributed by atoms with Crippen LogP contribution < -0.4 is 0 Å². The molecule has 0 saturated carbocycles. The smallest absolute Gasteiger partial charge is 0.233 e. The van der Waals surface area contributed by atoms with E-state index in [0.29, 0.717) is 18.2 Å². The average molecular weight is 361 g/mol. The van der Waals surface area contributed by atoms with Crippen LogP contribution in [0.5, 0.6) is 0 Å². The number of amides is 1. The number of carbonyl (C=O) groups excluding carboxylic acids is 1. The molecule has 0 atom stereocenters. The molecule has 0 aliphatic rings. The molecule has 25 heavy (non-hydrogen) atoms. The monoisotopic (exact) mass is 361 g/mol. The van der Waals surface area contributed by atoms with Crippen molar-refractivity contribution in [1.82, 2.24) is 25.1 Å². The van der Waals surface area contributed by atoms with Crippen LogP contribution in [0.3, 0.4) is 0 Å². The fourth-order valence-corrected chi connectivity index (χ4v) is 2.95. The van der Waals surface area contributed by atoms with E-state index in [1.54, 1.807) is 41.1 Å². The number of hydrogen-bond acceptors (Lipinski definition) is 6. The first-order valence-electron chi connectivity index (χ1n) is 7.51. The summed E-state index contributed by atoms with van der Waals surface area (Å²) >= 11 is 1.26. The van der Waals surface area contributed by atoms with Gasteiger partial charge in [0.2, 0.25) is 11.1 Å². The first-order valence-corrected chi connectivity index (χ1v) is 8.50. The normalized spacial score (nSPS) is 10.8. The third-order valence-corrected chi connectivity index (χ3v) is 4.41. The van der Waals surface area contributed by atoms with Gasteiger partial charge in [-0.05, 0) is 40.3 Å². The zero-order valence-electron chi connectivity index (χ0n) is 13.5. The van der Waals surface area contributed by atoms with Gasteiger partial charge in [-0.15, -0.1) is 5.10 Å². The Morgan fingerprint density at radius 1 is 1.32 bits per heavy atom. The van der Waals surface area contributed by atoms with E-state index >= 15 is 0 Å². The molecule has 1 amide bonds. The molecule has 0 radical (unpaired) electrons. The van der Waals surface area contributed by atoms with Crippen LogP contribution in [-0.2, 0) is 17.9 Å². The number of aromatic nitrogens is 4. The van der Waals surface area contributed by atoms with Gasteiger partial charge in [-0.25, -0.2) is 9.07 Å². The van der Waals surface area contributed by atoms with Crippen molar-refractivity contribution in [3.63, 3.8) is 0 Å². The van der Waals surface area contributed by atoms with E-state index in [2.05, 4.69) is 15.5 Å². The number of halogens is 1. The Morgan fingerprint density at radius 3 is 2.84 bits per heavy atom. The highest BCUT2D eigenvalue weighted by atomic mass is 32.2. The standard InChI is InChI=1S/C16H16FN5O2S/c1-21(9-12-4-6-13(17)7-5-12)15(23)11-25-16-18-19-20-22(16)10-14-3-2-8-24-14/h2-8H,9-11H2,1H3. The van der Waals surface area contributed by atoms with Crippen molar-refractivity contribution < 1.29 is 13.6 Å². The average Bonchev–Trinajstić information content (AvgIpc) is 3.27. The van der Waals surface area contributed by atoms with Gasteiger partial charge in [0.1, 0.15) is 18.1 Å². The van der Waals surface area contributed by atoms with Gasteiger partial charge < -0.3 is 9.32 Å². The number of furan rings is 1. The second-order valence-corrected chi connectivity index (χ2v) is 6.31. The van der Waals surface area contributed by atoms with E-state index in [1.165, 1.54) is 23.9 Å². The van der Waals surface area contributed by atoms with Crippen LogP contribution in [0, 0.1) is 5.82 Å². The second-order valence-electron chi connectivity index (χ2n) is 5.36. The predicted molar refractivity (Wildman–Crippen MR) is 89.2 cm³/mol. The molecule has 7 nitrogen and oxygen atoms in total. The lowest BCUT2D eigenvalue weighted by atomic mass is 10.2. The molecule has 130 valence electrons. The Morgan fingerprint density at radius 2 is 2.12 bits per heavy atom. The molecule has 0 fully saturated rings. The molecule has 0 saturated heterocycles. The summed E-state index contributed by atoms with van der Waals surface area (Å²) in [5, 5.41) is 12.0. The highest BCUT2D eigenvalue weighted by molar-refractivity contribution is 7.99. The topological polar surface area (TPSA) is 77.1 Å². The maximum absolute atomic E-state index is 12.9. The number of thioether (sulfide) groups is 1. The summed E-state index contributed by atoms with van der Waals surface area (Å²) in [6, 6.07) is 9.71. The van der Waals surface area contributed by atoms with Crippen LogP contribution in [0.15, 0.2) is 52.2 Å². The van der Waals surface area contributed by atoms with E-state index in [-0.39, 0.29) is 17.5 Å². The molecule has 9 heteroatoms. The summed E-state index contributed by atoms with van der Waals surface area (Å²) in [5.41, 5.74) is 0.866. The van der Waals surface area contributed by atoms with Crippen LogP contribution in [0.2, 0.25) is 0 Å². The van der Waals surface area contributed by atoms with Gasteiger partial charge in [0, 0.05) is 13.6 Å². The van der Waals surface area contributed by atoms with Crippen LogP contribution in [0.1, 0.15) is 11.3 Å². The molecule has 0 bridgehead atoms. The third-order valence-electron chi connectivity index (χ3n) is 3.47. The van der Waals surface area contributed by atoms with Crippen molar-refractivity contribution in [1.29, 1.82) is 0 Å². The largest absolute Gasteiger partial charge is 0.467 e. The molecule has 0 unspecified atom stereocenters. The Labute approximate surface area is 147 Å². The summed E-state index contributed by atoms with van der Waals surface area (Å²) in [4.78, 5) is 13.9. The molecule has 3 aromatic rings. The lowest BCUT2D eigenvalue weighted by Crippen LogP contribution is -2.28. The van der Waals surface area contributed by atoms with E-state index < -0.39 is 0 Å². The number of nitrogens with zero attached hydrogens (tertiary/aromatic N) is 5. The molecular formula is C16H16FN5O2S. The first-order chi connectivity index (χ1) is 12.1. The van der Waals surface area contributed by atoms with Gasteiger partial charge in [-0.1, -0.05) is 23.9 Å². The number of tetrazole rings is 1. The number of benzene rings is 1. The van der Waals surface area contributed by atoms with Gasteiger partial charge in [0.15, 0.2) is 0 Å². The first kappa shape index (κ1) is 17.2. The second kappa shape index (κ2) is 7.93. The Balaban J connectivity index is 1.53. The summed E-state index contributed by atoms with van der Waals surface area (Å²) in [6.07, 6.45) is 1.58. The van der Waals surface area contributed by atoms with Crippen LogP contribution in [-0.4, -0.2) is 43.8 Å². The molecule has 0 N–H and O–H groups in total. The highest BCUT2D eigenvalue weighted by Crippen LogP contribution is 2.16. The van der Waals surface area contributed by atoms with Gasteiger partial charge in [-0.2, -0.15) is 0 Å². The van der Waals surface area contributed by atoms with Crippen LogP contribution >= 0.6 is 11.8 Å². The lowest BCUT2D eigenvalue weighted by Gasteiger charge is -2.16. The van der Waals surface area contributed by atoms with Crippen LogP contribution in [0.4, 0.5) is 4.39 Å². The quantitative estimate of drug-likeness (QED) is 0.601. The molecule has 0 spiro atoms. The van der Waals surface area contributed by atoms with Gasteiger partial charge in [0.05, 0.1) is 12.0 Å². The maximum Gasteiger partial charge on any atom is 0.233 e. The van der Waals surface area contributed by atoms with E-state index in [1.807, 2.05) is 6.07 Å². The van der Waals surface area contributed by atoms with Gasteiger partial charge in [0.25, 0.3) is 0 Å². The fourth-order valence-electron chi connectivity index (χ4n) is 2.14. The minimum atomic E-state index is -0.295. The Kier molecular flexibility index (Phi) is 5.44. The van der Waals surface area contributed by atoms with Gasteiger partial charge in [-0.3, -0.25) is 4.79 Å². The SMILES string of the molecule is CN(Cc1ccc(F)cc1)C(=O)CSc1nnnn1Cc1ccco1. The molecule has 0 aliphatic carbocycles. The molecule has 2 heterocycles. The van der Waals surface area contributed by atoms with Gasteiger partial charge >= 0.3 is 0 Å². The summed E-state index contributed by atoms with van der Waals surface area (Å²) in [6.45, 7) is 0.818. The zero-order valence-corrected chi connectivity index (χ0v) is 14.3. The number of carbonyl (C=O) groups is 1. The third kappa shape index (κ3) is 4.66. The highest BCUT2D eigenvalue weighted by Gasteiger charge is 2.14. The van der Waals surface area contributed by atoms with E-state index in [9.17, 15) is 9.18 Å². The minimum Gasteiger partial charge on any atom is -0.467 e. The van der Waals surface area contributed by atoms with Crippen molar-refractivity contribution in [2.45, 2.75) is 18.2 Å². The molecular weight excluding hydrogens is 345 g/mol. The van der Waals surface area contributed by atoms with Crippen LogP contribution in [0.25, 0.3) is 0 Å². The molecule has 2 aromatic heterocycles. The van der Waals surface area contributed by atoms with Crippen molar-refractivity contribution in [2.24, 2.45) is 0 Å². The summed E-state index contributed by atoms with van der Waals surface area (Å²) in [5.74, 6) is 0.573. The minimum absolute atomic E-state index is 0.0677. The van der Waals surface area contributed by atoms with Crippen molar-refractivity contribution in [3.05, 3.63) is 59.8 Å². The van der Waals surface area contributed by atoms with E-state index in [4.69, 9.17) is 4.42 Å². The fraction of sp³-hybridized carbons (Fsp3) is 0.250. The van der Waals surface area contributed by atoms with Crippen molar-refractivity contribution in [2.75, 3.05) is 12.8 Å². The number of hydrogen-bond donors (Lipinski definition) is 0. The molecule has 3 rings (SSSR count). The van der Waals surface area contributed by atoms with Crippen molar-refractivity contribution >= 4 is 17.7 Å². The van der Waals surface area contributed by atoms with E-state index in [0.717, 1.165) is 11.3 Å². The number of rotatable bonds is 7. The predicted octanol–water partition coefficient (Wildman–Crippen LogP) is 2.20. The lowest BCUT2D eigenvalue weighted by molar-refractivity contribution is -0.127. The Bertz CT molecular complexity index is 819. The zero-order chi connectivity index (χ0) is 17.6. The Hall–Kier alpha value is -2.68. The summed E-state index contributed by atoms with van der Waals surface area (Å²) in [7, 11) is 1.71. The molecule has 0 aliphatic heterocycles. The maximum atomic E-state index is 12.9. The summed E-state index contributed by atoms with van der Waals surface area (Å²) < 4.78 is 19.8.